The van der Waals surface area contributed by atoms with Gasteiger partial charge in [-0.1, -0.05) is 5.16 Å². The number of hydrogen-bond donors (Lipinski definition) is 1. The first-order valence-corrected chi connectivity index (χ1v) is 6.21. The third-order valence-corrected chi connectivity index (χ3v) is 3.57. The molecule has 2 aromatic heterocycles. The Balaban J connectivity index is 1.90. The van der Waals surface area contributed by atoms with E-state index < -0.39 is 5.97 Å². The monoisotopic (exact) mass is 262 g/mol. The molecule has 1 aliphatic rings. The zero-order valence-corrected chi connectivity index (χ0v) is 10.5. The maximum atomic E-state index is 11.0. The largest absolute Gasteiger partial charge is 0.481 e. The molecule has 0 radical (unpaired) electrons. The lowest BCUT2D eigenvalue weighted by Crippen LogP contribution is -2.36. The standard InChI is InChI=1S/C12H14N4O3/c1-7-9-10(13-6-14-11(9)19-15-7)16-4-2-8(3-5-16)12(17)18/h6,8H,2-5H2,1H3,(H,17,18). The van der Waals surface area contributed by atoms with Crippen LogP contribution in [0.15, 0.2) is 10.9 Å². The van der Waals surface area contributed by atoms with Crippen LogP contribution >= 0.6 is 0 Å². The van der Waals surface area contributed by atoms with Crippen LogP contribution < -0.4 is 4.90 Å². The van der Waals surface area contributed by atoms with Gasteiger partial charge in [0, 0.05) is 13.1 Å². The van der Waals surface area contributed by atoms with Crippen molar-refractivity contribution in [2.45, 2.75) is 19.8 Å². The highest BCUT2D eigenvalue weighted by atomic mass is 16.5. The van der Waals surface area contributed by atoms with Crippen LogP contribution in [0, 0.1) is 12.8 Å². The number of aryl methyl sites for hydroxylation is 1. The van der Waals surface area contributed by atoms with E-state index in [-0.39, 0.29) is 5.92 Å². The maximum absolute atomic E-state index is 11.0. The number of rotatable bonds is 2. The van der Waals surface area contributed by atoms with E-state index in [9.17, 15) is 4.79 Å². The average Bonchev–Trinajstić information content (AvgIpc) is 2.81. The van der Waals surface area contributed by atoms with Crippen LogP contribution in [0.25, 0.3) is 11.1 Å². The summed E-state index contributed by atoms with van der Waals surface area (Å²) >= 11 is 0. The molecule has 0 bridgehead atoms. The van der Waals surface area contributed by atoms with Crippen molar-refractivity contribution < 1.29 is 14.4 Å². The first-order chi connectivity index (χ1) is 9.16. The van der Waals surface area contributed by atoms with E-state index in [0.717, 1.165) is 16.9 Å². The number of aromatic nitrogens is 3. The molecule has 1 fully saturated rings. The predicted molar refractivity (Wildman–Crippen MR) is 66.9 cm³/mol. The van der Waals surface area contributed by atoms with Crippen LogP contribution in [-0.2, 0) is 4.79 Å². The van der Waals surface area contributed by atoms with Gasteiger partial charge < -0.3 is 14.5 Å². The number of carboxylic acids is 1. The molecule has 1 saturated heterocycles. The molecular weight excluding hydrogens is 248 g/mol. The molecule has 7 nitrogen and oxygen atoms in total. The zero-order chi connectivity index (χ0) is 13.4. The van der Waals surface area contributed by atoms with Crippen molar-refractivity contribution in [1.29, 1.82) is 0 Å². The van der Waals surface area contributed by atoms with Gasteiger partial charge in [0.1, 0.15) is 17.5 Å². The fraction of sp³-hybridized carbons (Fsp3) is 0.500. The topological polar surface area (TPSA) is 92.4 Å². The maximum Gasteiger partial charge on any atom is 0.306 e. The molecule has 7 heteroatoms. The summed E-state index contributed by atoms with van der Waals surface area (Å²) in [5, 5.41) is 13.7. The van der Waals surface area contributed by atoms with Gasteiger partial charge in [0.25, 0.3) is 5.71 Å². The van der Waals surface area contributed by atoms with Gasteiger partial charge in [0.2, 0.25) is 0 Å². The predicted octanol–water partition coefficient (Wildman–Crippen LogP) is 1.23. The Hall–Kier alpha value is -2.18. The second-order valence-corrected chi connectivity index (χ2v) is 4.74. The van der Waals surface area contributed by atoms with Crippen LogP contribution in [0.2, 0.25) is 0 Å². The third-order valence-electron chi connectivity index (χ3n) is 3.57. The third kappa shape index (κ3) is 2.00. The number of anilines is 1. The van der Waals surface area contributed by atoms with Gasteiger partial charge in [-0.15, -0.1) is 0 Å². The quantitative estimate of drug-likeness (QED) is 0.869. The average molecular weight is 262 g/mol. The number of carbonyl (C=O) groups is 1. The number of aliphatic carboxylic acids is 1. The van der Waals surface area contributed by atoms with Crippen LogP contribution in [-0.4, -0.2) is 39.3 Å². The molecule has 2 aromatic rings. The van der Waals surface area contributed by atoms with Crippen LogP contribution in [0.1, 0.15) is 18.5 Å². The van der Waals surface area contributed by atoms with Crippen molar-refractivity contribution in [1.82, 2.24) is 15.1 Å². The molecule has 0 amide bonds. The first-order valence-electron chi connectivity index (χ1n) is 6.21. The highest BCUT2D eigenvalue weighted by Gasteiger charge is 2.27. The summed E-state index contributed by atoms with van der Waals surface area (Å²) in [5.74, 6) is -0.182. The van der Waals surface area contributed by atoms with Crippen molar-refractivity contribution in [2.75, 3.05) is 18.0 Å². The SMILES string of the molecule is Cc1noc2ncnc(N3CCC(C(=O)O)CC3)c12. The van der Waals surface area contributed by atoms with Crippen LogP contribution in [0.4, 0.5) is 5.82 Å². The molecule has 100 valence electrons. The molecule has 1 N–H and O–H groups in total. The number of hydrogen-bond acceptors (Lipinski definition) is 6. The Bertz CT molecular complexity index is 616. The van der Waals surface area contributed by atoms with Crippen LogP contribution in [0.3, 0.4) is 0 Å². The molecule has 3 heterocycles. The minimum Gasteiger partial charge on any atom is -0.481 e. The van der Waals surface area contributed by atoms with Crippen molar-refractivity contribution in [3.8, 4) is 0 Å². The van der Waals surface area contributed by atoms with Gasteiger partial charge in [-0.25, -0.2) is 4.98 Å². The Labute approximate surface area is 109 Å². The Morgan fingerprint density at radius 1 is 1.42 bits per heavy atom. The first kappa shape index (κ1) is 11.9. The van der Waals surface area contributed by atoms with E-state index in [1.165, 1.54) is 6.33 Å². The molecule has 0 aliphatic carbocycles. The Morgan fingerprint density at radius 2 is 2.16 bits per heavy atom. The van der Waals surface area contributed by atoms with Crippen molar-refractivity contribution in [3.05, 3.63) is 12.0 Å². The molecule has 19 heavy (non-hydrogen) atoms. The highest BCUT2D eigenvalue weighted by Crippen LogP contribution is 2.29. The Kier molecular flexibility index (Phi) is 2.81. The summed E-state index contributed by atoms with van der Waals surface area (Å²) in [6.45, 7) is 3.20. The second kappa shape index (κ2) is 4.49. The molecule has 0 saturated carbocycles. The van der Waals surface area contributed by atoms with E-state index in [1.807, 2.05) is 6.92 Å². The second-order valence-electron chi connectivity index (χ2n) is 4.74. The number of fused-ring (bicyclic) bond motifs is 1. The number of piperidine rings is 1. The van der Waals surface area contributed by atoms with Crippen LogP contribution in [0.5, 0.6) is 0 Å². The fourth-order valence-corrected chi connectivity index (χ4v) is 2.48. The van der Waals surface area contributed by atoms with Gasteiger partial charge in [0.05, 0.1) is 11.6 Å². The van der Waals surface area contributed by atoms with Gasteiger partial charge in [-0.05, 0) is 19.8 Å². The summed E-state index contributed by atoms with van der Waals surface area (Å²) in [6, 6.07) is 0. The Morgan fingerprint density at radius 3 is 2.84 bits per heavy atom. The lowest BCUT2D eigenvalue weighted by Gasteiger charge is -2.31. The lowest BCUT2D eigenvalue weighted by atomic mass is 9.97. The lowest BCUT2D eigenvalue weighted by molar-refractivity contribution is -0.142. The smallest absolute Gasteiger partial charge is 0.306 e. The molecular formula is C12H14N4O3. The van der Waals surface area contributed by atoms with Crippen molar-refractivity contribution in [2.24, 2.45) is 5.92 Å². The summed E-state index contributed by atoms with van der Waals surface area (Å²) in [6.07, 6.45) is 2.71. The van der Waals surface area contributed by atoms with Gasteiger partial charge in [0.15, 0.2) is 0 Å². The summed E-state index contributed by atoms with van der Waals surface area (Å²) < 4.78 is 5.12. The van der Waals surface area contributed by atoms with E-state index in [0.29, 0.717) is 31.6 Å². The zero-order valence-electron chi connectivity index (χ0n) is 10.5. The van der Waals surface area contributed by atoms with E-state index in [4.69, 9.17) is 9.63 Å². The minimum absolute atomic E-state index is 0.253. The van der Waals surface area contributed by atoms with Gasteiger partial charge in [-0.2, -0.15) is 4.98 Å². The van der Waals surface area contributed by atoms with E-state index >= 15 is 0 Å². The molecule has 1 aliphatic heterocycles. The molecule has 0 spiro atoms. The molecule has 3 rings (SSSR count). The van der Waals surface area contributed by atoms with Crippen molar-refractivity contribution >= 4 is 22.9 Å². The highest BCUT2D eigenvalue weighted by molar-refractivity contribution is 5.88. The van der Waals surface area contributed by atoms with Crippen molar-refractivity contribution in [3.63, 3.8) is 0 Å². The summed E-state index contributed by atoms with van der Waals surface area (Å²) in [7, 11) is 0. The van der Waals surface area contributed by atoms with Gasteiger partial charge in [-0.3, -0.25) is 4.79 Å². The van der Waals surface area contributed by atoms with Gasteiger partial charge >= 0.3 is 5.97 Å². The molecule has 0 aromatic carbocycles. The summed E-state index contributed by atoms with van der Waals surface area (Å²) in [4.78, 5) is 21.4. The molecule has 0 unspecified atom stereocenters. The number of carboxylic acid groups (broad SMARTS) is 1. The normalized spacial score (nSPS) is 17.0. The summed E-state index contributed by atoms with van der Waals surface area (Å²) in [5.41, 5.74) is 1.23. The number of nitrogens with zero attached hydrogens (tertiary/aromatic N) is 4. The minimum atomic E-state index is -0.714. The molecule has 0 atom stereocenters. The van der Waals surface area contributed by atoms with E-state index in [1.54, 1.807) is 0 Å². The fourth-order valence-electron chi connectivity index (χ4n) is 2.48. The van der Waals surface area contributed by atoms with E-state index in [2.05, 4.69) is 20.0 Å².